The van der Waals surface area contributed by atoms with E-state index in [1.54, 1.807) is 19.5 Å². The predicted octanol–water partition coefficient (Wildman–Crippen LogP) is 1.07. The van der Waals surface area contributed by atoms with E-state index < -0.39 is 0 Å². The Kier molecular flexibility index (Phi) is 3.34. The van der Waals surface area contributed by atoms with Crippen LogP contribution in [0, 0.1) is 0 Å². The van der Waals surface area contributed by atoms with Crippen LogP contribution in [-0.4, -0.2) is 22.1 Å². The second-order valence-corrected chi connectivity index (χ2v) is 3.35. The van der Waals surface area contributed by atoms with Gasteiger partial charge in [0, 0.05) is 18.3 Å². The average Bonchev–Trinajstić information content (AvgIpc) is 2.37. The Morgan fingerprint density at radius 1 is 1.41 bits per heavy atom. The minimum atomic E-state index is 0.383. The molecule has 0 amide bonds. The van der Waals surface area contributed by atoms with Gasteiger partial charge in [-0.3, -0.25) is 4.98 Å². The molecule has 0 unspecified atom stereocenters. The molecule has 0 bridgehead atoms. The Morgan fingerprint density at radius 2 is 2.29 bits per heavy atom. The van der Waals surface area contributed by atoms with Crippen molar-refractivity contribution in [1.82, 2.24) is 15.0 Å². The molecule has 0 aliphatic rings. The lowest BCUT2D eigenvalue weighted by atomic mass is 10.2. The van der Waals surface area contributed by atoms with E-state index in [1.165, 1.54) is 6.20 Å². The Hall–Kier alpha value is -2.37. The lowest BCUT2D eigenvalue weighted by Gasteiger charge is -2.08. The van der Waals surface area contributed by atoms with Crippen LogP contribution in [0.5, 0.6) is 5.88 Å². The van der Waals surface area contributed by atoms with Crippen molar-refractivity contribution in [3.8, 4) is 5.88 Å². The molecular formula is C11H13N5O. The number of pyridine rings is 1. The summed E-state index contributed by atoms with van der Waals surface area (Å²) in [6, 6.07) is 3.78. The summed E-state index contributed by atoms with van der Waals surface area (Å²) in [7, 11) is 1.59. The number of nitrogens with two attached hydrogens (primary N) is 1. The van der Waals surface area contributed by atoms with Crippen LogP contribution in [0.2, 0.25) is 0 Å². The van der Waals surface area contributed by atoms with E-state index in [2.05, 4.69) is 20.3 Å². The molecule has 0 fully saturated rings. The highest BCUT2D eigenvalue weighted by molar-refractivity contribution is 5.40. The molecule has 2 aromatic rings. The molecule has 2 rings (SSSR count). The number of nitrogens with one attached hydrogen (secondary N) is 1. The number of ether oxygens (including phenoxy) is 1. The summed E-state index contributed by atoms with van der Waals surface area (Å²) < 4.78 is 5.15. The summed E-state index contributed by atoms with van der Waals surface area (Å²) in [5, 5.41) is 3.10. The number of nitrogens with zero attached hydrogens (tertiary/aromatic N) is 3. The van der Waals surface area contributed by atoms with Crippen molar-refractivity contribution in [2.75, 3.05) is 18.2 Å². The number of methoxy groups -OCH3 is 1. The Bertz CT molecular complexity index is 503. The predicted molar refractivity (Wildman–Crippen MR) is 64.6 cm³/mol. The number of anilines is 2. The molecule has 2 aromatic heterocycles. The van der Waals surface area contributed by atoms with Crippen molar-refractivity contribution < 1.29 is 4.74 Å². The van der Waals surface area contributed by atoms with E-state index in [4.69, 9.17) is 10.5 Å². The van der Waals surface area contributed by atoms with E-state index in [-0.39, 0.29) is 0 Å². The van der Waals surface area contributed by atoms with Gasteiger partial charge in [-0.05, 0) is 6.07 Å². The minimum absolute atomic E-state index is 0.383. The molecule has 6 nitrogen and oxygen atoms in total. The van der Waals surface area contributed by atoms with Crippen molar-refractivity contribution in [3.63, 3.8) is 0 Å². The third kappa shape index (κ3) is 2.81. The molecular weight excluding hydrogens is 218 g/mol. The molecule has 0 aliphatic carbocycles. The molecule has 0 radical (unpaired) electrons. The molecule has 6 heteroatoms. The van der Waals surface area contributed by atoms with Crippen molar-refractivity contribution >= 4 is 11.6 Å². The smallest absolute Gasteiger partial charge is 0.218 e. The Labute approximate surface area is 98.9 Å². The highest BCUT2D eigenvalue weighted by atomic mass is 16.5. The van der Waals surface area contributed by atoms with Gasteiger partial charge in [0.15, 0.2) is 0 Å². The fraction of sp³-hybridized carbons (Fsp3) is 0.182. The van der Waals surface area contributed by atoms with Gasteiger partial charge in [-0.15, -0.1) is 0 Å². The maximum Gasteiger partial charge on any atom is 0.218 e. The number of rotatable bonds is 4. The summed E-state index contributed by atoms with van der Waals surface area (Å²) in [4.78, 5) is 12.1. The van der Waals surface area contributed by atoms with Crippen LogP contribution >= 0.6 is 0 Å². The molecule has 0 aromatic carbocycles. The third-order valence-electron chi connectivity index (χ3n) is 2.16. The zero-order valence-corrected chi connectivity index (χ0v) is 9.42. The van der Waals surface area contributed by atoms with Gasteiger partial charge >= 0.3 is 0 Å². The molecule has 3 N–H and O–H groups in total. The molecule has 0 spiro atoms. The standard InChI is InChI=1S/C11H13N5O/c1-17-11-8(3-2-4-14-11)5-15-10-7-13-6-9(12)16-10/h2-4,6-7H,5H2,1H3,(H3,12,15,16). The molecule has 0 aliphatic heterocycles. The molecule has 0 saturated heterocycles. The minimum Gasteiger partial charge on any atom is -0.481 e. The SMILES string of the molecule is COc1ncccc1CNc1cncc(N)n1. The Balaban J connectivity index is 2.07. The van der Waals surface area contributed by atoms with Crippen LogP contribution in [0.1, 0.15) is 5.56 Å². The molecule has 17 heavy (non-hydrogen) atoms. The summed E-state index contributed by atoms with van der Waals surface area (Å²) in [5.74, 6) is 1.60. The van der Waals surface area contributed by atoms with E-state index in [0.29, 0.717) is 24.1 Å². The fourth-order valence-corrected chi connectivity index (χ4v) is 1.39. The van der Waals surface area contributed by atoms with Gasteiger partial charge in [0.05, 0.1) is 19.5 Å². The Morgan fingerprint density at radius 3 is 3.06 bits per heavy atom. The van der Waals surface area contributed by atoms with Crippen LogP contribution in [0.15, 0.2) is 30.7 Å². The molecule has 88 valence electrons. The van der Waals surface area contributed by atoms with Gasteiger partial charge in [0.1, 0.15) is 11.6 Å². The van der Waals surface area contributed by atoms with Gasteiger partial charge in [0.2, 0.25) is 5.88 Å². The first-order valence-electron chi connectivity index (χ1n) is 5.09. The van der Waals surface area contributed by atoms with Crippen LogP contribution in [0.4, 0.5) is 11.6 Å². The second kappa shape index (κ2) is 5.11. The molecule has 2 heterocycles. The van der Waals surface area contributed by atoms with Crippen molar-refractivity contribution in [1.29, 1.82) is 0 Å². The van der Waals surface area contributed by atoms with Gasteiger partial charge in [-0.25, -0.2) is 9.97 Å². The van der Waals surface area contributed by atoms with Crippen LogP contribution in [-0.2, 0) is 6.54 Å². The van der Waals surface area contributed by atoms with E-state index in [9.17, 15) is 0 Å². The lowest BCUT2D eigenvalue weighted by molar-refractivity contribution is 0.393. The first-order chi connectivity index (χ1) is 8.29. The maximum absolute atomic E-state index is 5.53. The largest absolute Gasteiger partial charge is 0.481 e. The number of nitrogen functional groups attached to an aromatic ring is 1. The average molecular weight is 231 g/mol. The number of hydrogen-bond acceptors (Lipinski definition) is 6. The van der Waals surface area contributed by atoms with Crippen LogP contribution < -0.4 is 15.8 Å². The summed E-state index contributed by atoms with van der Waals surface area (Å²) in [6.45, 7) is 0.551. The fourth-order valence-electron chi connectivity index (χ4n) is 1.39. The van der Waals surface area contributed by atoms with E-state index in [0.717, 1.165) is 5.56 Å². The first-order valence-corrected chi connectivity index (χ1v) is 5.09. The van der Waals surface area contributed by atoms with Gasteiger partial charge < -0.3 is 15.8 Å². The highest BCUT2D eigenvalue weighted by Crippen LogP contribution is 2.15. The summed E-state index contributed by atoms with van der Waals surface area (Å²) in [5.41, 5.74) is 6.48. The third-order valence-corrected chi connectivity index (χ3v) is 2.16. The van der Waals surface area contributed by atoms with E-state index in [1.807, 2.05) is 12.1 Å². The first kappa shape index (κ1) is 11.1. The molecule has 0 atom stereocenters. The van der Waals surface area contributed by atoms with Crippen molar-refractivity contribution in [2.45, 2.75) is 6.54 Å². The van der Waals surface area contributed by atoms with Gasteiger partial charge in [-0.1, -0.05) is 6.07 Å². The number of hydrogen-bond donors (Lipinski definition) is 2. The quantitative estimate of drug-likeness (QED) is 0.818. The second-order valence-electron chi connectivity index (χ2n) is 3.35. The van der Waals surface area contributed by atoms with E-state index >= 15 is 0 Å². The summed E-state index contributed by atoms with van der Waals surface area (Å²) in [6.07, 6.45) is 4.79. The highest BCUT2D eigenvalue weighted by Gasteiger charge is 2.03. The van der Waals surface area contributed by atoms with Gasteiger partial charge in [0.25, 0.3) is 0 Å². The van der Waals surface area contributed by atoms with Crippen LogP contribution in [0.3, 0.4) is 0 Å². The topological polar surface area (TPSA) is 86.0 Å². The maximum atomic E-state index is 5.53. The normalized spacial score (nSPS) is 9.94. The summed E-state index contributed by atoms with van der Waals surface area (Å²) >= 11 is 0. The molecule has 0 saturated carbocycles. The zero-order valence-electron chi connectivity index (χ0n) is 9.42. The van der Waals surface area contributed by atoms with Crippen LogP contribution in [0.25, 0.3) is 0 Å². The van der Waals surface area contributed by atoms with Crippen molar-refractivity contribution in [3.05, 3.63) is 36.3 Å². The lowest BCUT2D eigenvalue weighted by Crippen LogP contribution is -2.05. The van der Waals surface area contributed by atoms with Gasteiger partial charge in [-0.2, -0.15) is 0 Å². The number of aromatic nitrogens is 3. The monoisotopic (exact) mass is 231 g/mol. The zero-order chi connectivity index (χ0) is 12.1. The van der Waals surface area contributed by atoms with Crippen molar-refractivity contribution in [2.24, 2.45) is 0 Å².